The predicted octanol–water partition coefficient (Wildman–Crippen LogP) is -2.00. The van der Waals surface area contributed by atoms with Crippen LogP contribution in [0.3, 0.4) is 0 Å². The van der Waals surface area contributed by atoms with Gasteiger partial charge in [0.05, 0.1) is 6.34 Å². The van der Waals surface area contributed by atoms with Crippen LogP contribution in [0.15, 0.2) is 4.99 Å². The van der Waals surface area contributed by atoms with Crippen molar-refractivity contribution < 1.29 is 9.90 Å². The quantitative estimate of drug-likeness (QED) is 0.173. The van der Waals surface area contributed by atoms with Gasteiger partial charge in [0.15, 0.2) is 0 Å². The second-order valence-corrected chi connectivity index (χ2v) is 0.956. The topological polar surface area (TPSA) is 87.7 Å². The molecular formula is C3H7N3O2. The molecule has 0 aromatic rings. The van der Waals surface area contributed by atoms with Gasteiger partial charge in [-0.2, -0.15) is 0 Å². The molecule has 0 aromatic carbocycles. The fourth-order valence-corrected chi connectivity index (χ4v) is 0.185. The van der Waals surface area contributed by atoms with Crippen LogP contribution in [0.1, 0.15) is 0 Å². The third-order valence-corrected chi connectivity index (χ3v) is 0.444. The monoisotopic (exact) mass is 117 g/mol. The molecule has 0 rings (SSSR count). The molecule has 1 amide bonds. The third kappa shape index (κ3) is 3.10. The van der Waals surface area contributed by atoms with Crippen molar-refractivity contribution in [3.63, 3.8) is 0 Å². The van der Waals surface area contributed by atoms with Crippen molar-refractivity contribution in [2.24, 2.45) is 10.7 Å². The van der Waals surface area contributed by atoms with E-state index >= 15 is 0 Å². The molecule has 0 radical (unpaired) electrons. The molecule has 0 saturated carbocycles. The Balaban J connectivity index is 3.31. The van der Waals surface area contributed by atoms with E-state index in [1.165, 1.54) is 0 Å². The number of aliphatic imine (C=N–C) groups is 1. The number of carbonyl (C=O) groups excluding carboxylic acids is 1. The van der Waals surface area contributed by atoms with Crippen LogP contribution in [0, 0.1) is 0 Å². The largest absolute Gasteiger partial charge is 0.390 e. The maximum absolute atomic E-state index is 9.50. The van der Waals surface area contributed by atoms with Gasteiger partial charge in [-0.05, 0) is 0 Å². The number of nitrogens with one attached hydrogen (secondary N) is 1. The van der Waals surface area contributed by atoms with E-state index in [-0.39, 0.29) is 0 Å². The molecule has 0 bridgehead atoms. The van der Waals surface area contributed by atoms with Gasteiger partial charge in [-0.15, -0.1) is 0 Å². The molecule has 4 N–H and O–H groups in total. The first kappa shape index (κ1) is 6.90. The maximum atomic E-state index is 9.50. The van der Waals surface area contributed by atoms with Crippen LogP contribution in [-0.4, -0.2) is 24.2 Å². The van der Waals surface area contributed by atoms with E-state index in [2.05, 4.69) is 4.99 Å². The van der Waals surface area contributed by atoms with Gasteiger partial charge < -0.3 is 16.2 Å². The number of hydrogen-bond donors (Lipinski definition) is 3. The van der Waals surface area contributed by atoms with Gasteiger partial charge >= 0.3 is 0 Å². The molecule has 0 aromatic heterocycles. The Labute approximate surface area is 46.2 Å². The highest BCUT2D eigenvalue weighted by atomic mass is 16.3. The fourth-order valence-electron chi connectivity index (χ4n) is 0.185. The van der Waals surface area contributed by atoms with Crippen LogP contribution in [0.2, 0.25) is 0 Å². The Morgan fingerprint density at radius 3 is 2.88 bits per heavy atom. The van der Waals surface area contributed by atoms with Crippen LogP contribution in [-0.2, 0) is 4.79 Å². The summed E-state index contributed by atoms with van der Waals surface area (Å²) in [5, 5.41) is 10.4. The number of hydrogen-bond acceptors (Lipinski definition) is 3. The van der Waals surface area contributed by atoms with Crippen molar-refractivity contribution in [3.8, 4) is 0 Å². The highest BCUT2D eigenvalue weighted by Gasteiger charge is 1.90. The van der Waals surface area contributed by atoms with Crippen molar-refractivity contribution in [1.29, 1.82) is 0 Å². The van der Waals surface area contributed by atoms with Crippen molar-refractivity contribution in [2.75, 3.05) is 0 Å². The molecule has 0 fully saturated rings. The molecule has 5 nitrogen and oxygen atoms in total. The zero-order chi connectivity index (χ0) is 6.41. The van der Waals surface area contributed by atoms with Crippen LogP contribution in [0.5, 0.6) is 0 Å². The highest BCUT2D eigenvalue weighted by Crippen LogP contribution is 1.69. The Kier molecular flexibility index (Phi) is 3.51. The van der Waals surface area contributed by atoms with Gasteiger partial charge in [0.25, 0.3) is 0 Å². The molecule has 0 saturated heterocycles. The minimum absolute atomic E-state index is 0.331. The zero-order valence-corrected chi connectivity index (χ0v) is 4.11. The van der Waals surface area contributed by atoms with Crippen LogP contribution in [0.4, 0.5) is 0 Å². The number of nitrogens with two attached hydrogens (primary N) is 1. The zero-order valence-electron chi connectivity index (χ0n) is 4.11. The molecule has 46 valence electrons. The number of carbonyl (C=O) groups is 1. The van der Waals surface area contributed by atoms with Gasteiger partial charge in [0, 0.05) is 0 Å². The van der Waals surface area contributed by atoms with E-state index in [4.69, 9.17) is 10.8 Å². The summed E-state index contributed by atoms with van der Waals surface area (Å²) in [6.07, 6.45) is 0.0243. The minimum atomic E-state index is -1.21. The maximum Gasteiger partial charge on any atom is 0.226 e. The smallest absolute Gasteiger partial charge is 0.226 e. The molecule has 0 aliphatic carbocycles. The number of nitrogens with zero attached hydrogens (tertiary/aromatic N) is 1. The first-order valence-corrected chi connectivity index (χ1v) is 1.92. The predicted molar refractivity (Wildman–Crippen MR) is 27.9 cm³/mol. The van der Waals surface area contributed by atoms with E-state index in [0.717, 1.165) is 6.34 Å². The third-order valence-electron chi connectivity index (χ3n) is 0.444. The molecule has 5 heteroatoms. The fraction of sp³-hybridized carbons (Fsp3) is 0.333. The normalized spacial score (nSPS) is 13.6. The van der Waals surface area contributed by atoms with Crippen LogP contribution >= 0.6 is 0 Å². The molecular weight excluding hydrogens is 110 g/mol. The molecule has 1 atom stereocenters. The van der Waals surface area contributed by atoms with E-state index in [0.29, 0.717) is 6.41 Å². The summed E-state index contributed by atoms with van der Waals surface area (Å²) in [4.78, 5) is 12.7. The van der Waals surface area contributed by atoms with Crippen molar-refractivity contribution in [2.45, 2.75) is 6.35 Å². The Hall–Kier alpha value is -1.10. The van der Waals surface area contributed by atoms with Crippen molar-refractivity contribution >= 4 is 12.7 Å². The lowest BCUT2D eigenvalue weighted by atomic mass is 10.9. The molecule has 8 heavy (non-hydrogen) atoms. The average Bonchev–Trinajstić information content (AvgIpc) is 1.68. The molecule has 0 aliphatic heterocycles. The van der Waals surface area contributed by atoms with Gasteiger partial charge in [-0.3, -0.25) is 4.79 Å². The summed E-state index contributed by atoms with van der Waals surface area (Å²) in [7, 11) is 0. The molecule has 0 spiro atoms. The van der Waals surface area contributed by atoms with Gasteiger partial charge in [0.2, 0.25) is 12.8 Å². The van der Waals surface area contributed by atoms with E-state index in [1.54, 1.807) is 0 Å². The summed E-state index contributed by atoms with van der Waals surface area (Å²) in [5.41, 5.74) is 4.75. The van der Waals surface area contributed by atoms with Gasteiger partial charge in [-0.25, -0.2) is 4.99 Å². The second-order valence-electron chi connectivity index (χ2n) is 0.956. The lowest BCUT2D eigenvalue weighted by Crippen LogP contribution is -2.25. The lowest BCUT2D eigenvalue weighted by molar-refractivity contribution is -0.111. The SMILES string of the molecule is N/C=N/C(O)NC=O. The summed E-state index contributed by atoms with van der Waals surface area (Å²) in [6, 6.07) is 0. The van der Waals surface area contributed by atoms with Gasteiger partial charge in [0.1, 0.15) is 0 Å². The Morgan fingerprint density at radius 2 is 2.50 bits per heavy atom. The van der Waals surface area contributed by atoms with E-state index in [1.807, 2.05) is 5.32 Å². The second kappa shape index (κ2) is 4.07. The number of rotatable bonds is 3. The van der Waals surface area contributed by atoms with Crippen LogP contribution < -0.4 is 11.1 Å². The van der Waals surface area contributed by atoms with E-state index in [9.17, 15) is 4.79 Å². The van der Waals surface area contributed by atoms with Gasteiger partial charge in [-0.1, -0.05) is 0 Å². The number of aliphatic hydroxyl groups is 1. The Bertz CT molecular complexity index is 92.5. The summed E-state index contributed by atoms with van der Waals surface area (Å²) in [5.74, 6) is 0. The number of aliphatic hydroxyl groups excluding tert-OH is 1. The molecule has 0 heterocycles. The molecule has 1 unspecified atom stereocenters. The first-order chi connectivity index (χ1) is 3.81. The Morgan fingerprint density at radius 1 is 1.88 bits per heavy atom. The number of amides is 1. The highest BCUT2D eigenvalue weighted by molar-refractivity contribution is 5.52. The summed E-state index contributed by atoms with van der Waals surface area (Å²) >= 11 is 0. The van der Waals surface area contributed by atoms with Crippen molar-refractivity contribution in [3.05, 3.63) is 0 Å². The summed E-state index contributed by atoms with van der Waals surface area (Å²) < 4.78 is 0. The van der Waals surface area contributed by atoms with E-state index < -0.39 is 6.35 Å². The summed E-state index contributed by atoms with van der Waals surface area (Å²) in [6.45, 7) is 0. The first-order valence-electron chi connectivity index (χ1n) is 1.92. The minimum Gasteiger partial charge on any atom is -0.390 e. The average molecular weight is 117 g/mol. The van der Waals surface area contributed by atoms with Crippen molar-refractivity contribution in [1.82, 2.24) is 5.32 Å². The lowest BCUT2D eigenvalue weighted by Gasteiger charge is -1.98. The standard InChI is InChI=1S/C3H7N3O2/c4-1-5-3(8)6-2-7/h1-3,8H,(H2,4,5)(H,6,7). The van der Waals surface area contributed by atoms with Crippen LogP contribution in [0.25, 0.3) is 0 Å². The molecule has 0 aliphatic rings.